The fourth-order valence-electron chi connectivity index (χ4n) is 5.22. The van der Waals surface area contributed by atoms with E-state index in [0.717, 1.165) is 0 Å². The van der Waals surface area contributed by atoms with Gasteiger partial charge in [-0.2, -0.15) is 5.10 Å². The molecule has 0 unspecified atom stereocenters. The average Bonchev–Trinajstić information content (AvgIpc) is 3.37. The highest BCUT2D eigenvalue weighted by Crippen LogP contribution is 2.40. The summed E-state index contributed by atoms with van der Waals surface area (Å²) in [4.78, 5) is 22.6. The Hall–Kier alpha value is -5.99. The maximum Gasteiger partial charge on any atom is 0.261 e. The lowest BCUT2D eigenvalue weighted by Crippen LogP contribution is -2.14. The molecule has 0 aromatic heterocycles. The van der Waals surface area contributed by atoms with Gasteiger partial charge in [0.15, 0.2) is 0 Å². The third-order valence-corrected chi connectivity index (χ3v) is 10.1. The van der Waals surface area contributed by atoms with Crippen molar-refractivity contribution in [3.8, 4) is 11.1 Å². The van der Waals surface area contributed by atoms with Gasteiger partial charge in [-0.1, -0.05) is 30.3 Å². The van der Waals surface area contributed by atoms with Gasteiger partial charge >= 0.3 is 0 Å². The number of benzene rings is 5. The Morgan fingerprint density at radius 2 is 0.898 bits per heavy atom. The molecule has 0 bridgehead atoms. The summed E-state index contributed by atoms with van der Waals surface area (Å²) in [6, 6.07) is 30.9. The number of hydrogen-bond donors (Lipinski definition) is 5. The van der Waals surface area contributed by atoms with Crippen molar-refractivity contribution in [2.24, 2.45) is 5.10 Å². The first kappa shape index (κ1) is 32.9. The Morgan fingerprint density at radius 1 is 0.490 bits per heavy atom. The van der Waals surface area contributed by atoms with Crippen LogP contribution in [-0.4, -0.2) is 34.4 Å². The molecule has 1 aliphatic carbocycles. The van der Waals surface area contributed by atoms with Crippen LogP contribution in [0, 0.1) is 0 Å². The molecule has 0 spiro atoms. The number of carbonyl (C=O) groups excluding carboxylic acids is 2. The molecule has 14 heteroatoms. The lowest BCUT2D eigenvalue weighted by Gasteiger charge is -2.11. The lowest BCUT2D eigenvalue weighted by atomic mass is 10.1. The fourth-order valence-corrected chi connectivity index (χ4v) is 7.39. The standard InChI is InChI=1S/C35H30N6O6S2/c1-22(42)36-24-8-12-27(13-9-24)40-48(44,45)29-16-18-31-32-19-17-30(49(46,47)41-28-14-10-25(11-15-28)37-23(2)43)21-34(32)35(33(31)20-29)39-38-26-6-4-3-5-7-26/h3-21,38,40-41H,1-2H3,(H,36,42)(H,37,43). The van der Waals surface area contributed by atoms with Crippen molar-refractivity contribution in [1.29, 1.82) is 0 Å². The molecule has 12 nitrogen and oxygen atoms in total. The molecule has 0 aliphatic heterocycles. The van der Waals surface area contributed by atoms with Crippen molar-refractivity contribution in [3.05, 3.63) is 126 Å². The number of fused-ring (bicyclic) bond motifs is 3. The van der Waals surface area contributed by atoms with Gasteiger partial charge in [-0.25, -0.2) is 16.8 Å². The molecule has 0 saturated carbocycles. The molecule has 248 valence electrons. The molecule has 5 aromatic carbocycles. The molecule has 0 saturated heterocycles. The number of sulfonamides is 2. The molecule has 0 fully saturated rings. The van der Waals surface area contributed by atoms with Crippen LogP contribution in [0.3, 0.4) is 0 Å². The first-order valence-electron chi connectivity index (χ1n) is 14.9. The molecule has 5 N–H and O–H groups in total. The minimum absolute atomic E-state index is 0.0328. The van der Waals surface area contributed by atoms with Gasteiger partial charge in [-0.3, -0.25) is 24.5 Å². The molecule has 0 atom stereocenters. The number of anilines is 5. The summed E-state index contributed by atoms with van der Waals surface area (Å²) in [5.74, 6) is -0.496. The number of hydrazone groups is 1. The zero-order valence-electron chi connectivity index (χ0n) is 26.2. The van der Waals surface area contributed by atoms with Crippen molar-refractivity contribution >= 4 is 66.0 Å². The van der Waals surface area contributed by atoms with E-state index >= 15 is 0 Å². The third-order valence-electron chi connectivity index (χ3n) is 7.39. The van der Waals surface area contributed by atoms with E-state index in [0.29, 0.717) is 56.4 Å². The minimum atomic E-state index is -4.07. The summed E-state index contributed by atoms with van der Waals surface area (Å²) >= 11 is 0. The van der Waals surface area contributed by atoms with Gasteiger partial charge in [-0.05, 0) is 96.1 Å². The van der Waals surface area contributed by atoms with Crippen molar-refractivity contribution in [2.45, 2.75) is 23.6 Å². The molecule has 49 heavy (non-hydrogen) atoms. The van der Waals surface area contributed by atoms with Crippen LogP contribution in [0.2, 0.25) is 0 Å². The summed E-state index contributed by atoms with van der Waals surface area (Å²) in [6.45, 7) is 2.76. The SMILES string of the molecule is CC(=O)Nc1ccc(NS(=O)(=O)c2ccc3c(c2)C(=NNc2ccccc2)c2cc(S(=O)(=O)Nc4ccc(NC(C)=O)cc4)ccc2-3)cc1. The Labute approximate surface area is 283 Å². The fraction of sp³-hybridized carbons (Fsp3) is 0.0571. The molecule has 0 heterocycles. The number of carbonyl (C=O) groups is 2. The van der Waals surface area contributed by atoms with Gasteiger partial charge in [0.1, 0.15) is 0 Å². The second-order valence-corrected chi connectivity index (χ2v) is 14.4. The van der Waals surface area contributed by atoms with E-state index in [2.05, 4.69) is 30.6 Å². The van der Waals surface area contributed by atoms with E-state index in [1.807, 2.05) is 30.3 Å². The van der Waals surface area contributed by atoms with Crippen LogP contribution in [0.15, 0.2) is 130 Å². The van der Waals surface area contributed by atoms with Crippen molar-refractivity contribution in [3.63, 3.8) is 0 Å². The Morgan fingerprint density at radius 3 is 1.31 bits per heavy atom. The highest BCUT2D eigenvalue weighted by molar-refractivity contribution is 7.93. The topological polar surface area (TPSA) is 175 Å². The van der Waals surface area contributed by atoms with Crippen LogP contribution in [0.1, 0.15) is 25.0 Å². The van der Waals surface area contributed by atoms with E-state index < -0.39 is 20.0 Å². The number of para-hydroxylation sites is 1. The number of hydrogen-bond acceptors (Lipinski definition) is 8. The largest absolute Gasteiger partial charge is 0.326 e. The second kappa shape index (κ2) is 13.3. The van der Waals surface area contributed by atoms with Crippen LogP contribution in [0.5, 0.6) is 0 Å². The monoisotopic (exact) mass is 694 g/mol. The first-order valence-corrected chi connectivity index (χ1v) is 17.8. The first-order chi connectivity index (χ1) is 23.4. The van der Waals surface area contributed by atoms with E-state index in [1.54, 1.807) is 36.4 Å². The molecule has 2 amide bonds. The Balaban J connectivity index is 1.34. The second-order valence-electron chi connectivity index (χ2n) is 11.1. The molecule has 1 aliphatic rings. The third kappa shape index (κ3) is 7.45. The van der Waals surface area contributed by atoms with E-state index in [9.17, 15) is 26.4 Å². The van der Waals surface area contributed by atoms with E-state index in [4.69, 9.17) is 0 Å². The van der Waals surface area contributed by atoms with Crippen LogP contribution in [0.25, 0.3) is 11.1 Å². The van der Waals surface area contributed by atoms with Crippen molar-refractivity contribution in [1.82, 2.24) is 0 Å². The summed E-state index contributed by atoms with van der Waals surface area (Å²) < 4.78 is 59.2. The minimum Gasteiger partial charge on any atom is -0.326 e. The van der Waals surface area contributed by atoms with Crippen molar-refractivity contribution < 1.29 is 26.4 Å². The Kier molecular flexibility index (Phi) is 8.91. The number of amides is 2. The predicted octanol–water partition coefficient (Wildman–Crippen LogP) is 6.05. The lowest BCUT2D eigenvalue weighted by molar-refractivity contribution is -0.115. The normalized spacial score (nSPS) is 11.9. The summed E-state index contributed by atoms with van der Waals surface area (Å²) in [5.41, 5.74) is 7.97. The molecule has 6 rings (SSSR count). The van der Waals surface area contributed by atoms with Gasteiger partial charge in [0.25, 0.3) is 20.0 Å². The van der Waals surface area contributed by atoms with Crippen LogP contribution in [-0.2, 0) is 29.6 Å². The molecule has 5 aromatic rings. The Bertz CT molecular complexity index is 2180. The van der Waals surface area contributed by atoms with Crippen LogP contribution < -0.4 is 25.5 Å². The van der Waals surface area contributed by atoms with Crippen molar-refractivity contribution in [2.75, 3.05) is 25.5 Å². The van der Waals surface area contributed by atoms with Gasteiger partial charge in [0, 0.05) is 47.7 Å². The molecular formula is C35H30N6O6S2. The average molecular weight is 695 g/mol. The molecular weight excluding hydrogens is 665 g/mol. The predicted molar refractivity (Wildman–Crippen MR) is 191 cm³/mol. The highest BCUT2D eigenvalue weighted by atomic mass is 32.2. The zero-order chi connectivity index (χ0) is 34.8. The number of nitrogens with one attached hydrogen (secondary N) is 5. The number of rotatable bonds is 10. The van der Waals surface area contributed by atoms with E-state index in [-0.39, 0.29) is 21.6 Å². The molecule has 0 radical (unpaired) electrons. The number of nitrogens with zero attached hydrogens (tertiary/aromatic N) is 1. The zero-order valence-corrected chi connectivity index (χ0v) is 27.8. The summed E-state index contributed by atoms with van der Waals surface area (Å²) in [7, 11) is -8.13. The van der Waals surface area contributed by atoms with Crippen LogP contribution in [0.4, 0.5) is 28.4 Å². The van der Waals surface area contributed by atoms with Crippen LogP contribution >= 0.6 is 0 Å². The van der Waals surface area contributed by atoms with Gasteiger partial charge in [0.05, 0.1) is 21.2 Å². The smallest absolute Gasteiger partial charge is 0.261 e. The van der Waals surface area contributed by atoms with E-state index in [1.165, 1.54) is 62.4 Å². The highest BCUT2D eigenvalue weighted by Gasteiger charge is 2.30. The van der Waals surface area contributed by atoms with Gasteiger partial charge in [0.2, 0.25) is 11.8 Å². The maximum atomic E-state index is 13.5. The van der Waals surface area contributed by atoms with Gasteiger partial charge in [-0.15, -0.1) is 0 Å². The summed E-state index contributed by atoms with van der Waals surface area (Å²) in [5, 5.41) is 9.89. The quantitative estimate of drug-likeness (QED) is 0.109. The van der Waals surface area contributed by atoms with Gasteiger partial charge < -0.3 is 10.6 Å². The maximum absolute atomic E-state index is 13.5. The summed E-state index contributed by atoms with van der Waals surface area (Å²) in [6.07, 6.45) is 0.